The van der Waals surface area contributed by atoms with Crippen LogP contribution >= 0.6 is 11.8 Å². The van der Waals surface area contributed by atoms with Gasteiger partial charge < -0.3 is 14.8 Å². The molecule has 0 bridgehead atoms. The minimum absolute atomic E-state index is 0.0280. The molecule has 4 aromatic rings. The Bertz CT molecular complexity index is 1370. The van der Waals surface area contributed by atoms with Crippen LogP contribution in [0.15, 0.2) is 78.0 Å². The number of hydrogen-bond donors (Lipinski definition) is 1. The summed E-state index contributed by atoms with van der Waals surface area (Å²) >= 11 is 1.29. The van der Waals surface area contributed by atoms with Gasteiger partial charge in [0, 0.05) is 11.3 Å². The summed E-state index contributed by atoms with van der Waals surface area (Å²) in [5, 5.41) is 12.1. The molecule has 0 fully saturated rings. The SMILES string of the molecule is COc1ccccc1-c1nnc(SCC(=O)c2ccc3c(c2)NC(=O)CO3)n1-c1ccccc1. The lowest BCUT2D eigenvalue weighted by atomic mass is 10.1. The zero-order chi connectivity index (χ0) is 23.5. The number of anilines is 1. The van der Waals surface area contributed by atoms with Crippen LogP contribution in [-0.2, 0) is 4.79 Å². The Labute approximate surface area is 199 Å². The predicted molar refractivity (Wildman–Crippen MR) is 129 cm³/mol. The van der Waals surface area contributed by atoms with E-state index in [1.807, 2.05) is 59.2 Å². The number of fused-ring (bicyclic) bond motifs is 1. The van der Waals surface area contributed by atoms with E-state index >= 15 is 0 Å². The van der Waals surface area contributed by atoms with Gasteiger partial charge in [-0.2, -0.15) is 0 Å². The highest BCUT2D eigenvalue weighted by Gasteiger charge is 2.21. The van der Waals surface area contributed by atoms with Gasteiger partial charge in [0.1, 0.15) is 11.5 Å². The average molecular weight is 473 g/mol. The molecule has 3 aromatic carbocycles. The van der Waals surface area contributed by atoms with Crippen molar-refractivity contribution in [1.29, 1.82) is 0 Å². The molecular formula is C25H20N4O4S. The van der Waals surface area contributed by atoms with Crippen molar-refractivity contribution in [1.82, 2.24) is 14.8 Å². The van der Waals surface area contributed by atoms with Crippen LogP contribution in [0.1, 0.15) is 10.4 Å². The van der Waals surface area contributed by atoms with Gasteiger partial charge in [-0.15, -0.1) is 10.2 Å². The van der Waals surface area contributed by atoms with Crippen LogP contribution in [0.2, 0.25) is 0 Å². The Morgan fingerprint density at radius 1 is 1.09 bits per heavy atom. The fraction of sp³-hybridized carbons (Fsp3) is 0.120. The van der Waals surface area contributed by atoms with Crippen molar-refractivity contribution in [3.05, 3.63) is 78.4 Å². The number of nitrogens with one attached hydrogen (secondary N) is 1. The van der Waals surface area contributed by atoms with Crippen molar-refractivity contribution in [3.8, 4) is 28.6 Å². The molecule has 1 amide bonds. The fourth-order valence-electron chi connectivity index (χ4n) is 3.65. The smallest absolute Gasteiger partial charge is 0.262 e. The molecule has 1 aromatic heterocycles. The van der Waals surface area contributed by atoms with Gasteiger partial charge in [0.25, 0.3) is 5.91 Å². The van der Waals surface area contributed by atoms with E-state index in [0.29, 0.717) is 33.7 Å². The van der Waals surface area contributed by atoms with Gasteiger partial charge in [-0.25, -0.2) is 0 Å². The number of aromatic nitrogens is 3. The number of thioether (sulfide) groups is 1. The first-order valence-corrected chi connectivity index (χ1v) is 11.5. The van der Waals surface area contributed by atoms with Gasteiger partial charge in [0.2, 0.25) is 0 Å². The van der Waals surface area contributed by atoms with E-state index in [9.17, 15) is 9.59 Å². The largest absolute Gasteiger partial charge is 0.496 e. The highest BCUT2D eigenvalue weighted by atomic mass is 32.2. The maximum atomic E-state index is 13.0. The number of nitrogens with zero attached hydrogens (tertiary/aromatic N) is 3. The van der Waals surface area contributed by atoms with Gasteiger partial charge in [-0.1, -0.05) is 42.1 Å². The summed E-state index contributed by atoms with van der Waals surface area (Å²) in [6.45, 7) is -0.0280. The van der Waals surface area contributed by atoms with E-state index in [-0.39, 0.29) is 24.1 Å². The molecule has 0 aliphatic carbocycles. The minimum atomic E-state index is -0.244. The van der Waals surface area contributed by atoms with E-state index < -0.39 is 0 Å². The van der Waals surface area contributed by atoms with E-state index in [1.54, 1.807) is 25.3 Å². The van der Waals surface area contributed by atoms with Crippen molar-refractivity contribution in [2.75, 3.05) is 24.8 Å². The molecule has 0 radical (unpaired) electrons. The summed E-state index contributed by atoms with van der Waals surface area (Å²) in [5.41, 5.74) is 2.65. The number of amides is 1. The number of benzene rings is 3. The average Bonchev–Trinajstić information content (AvgIpc) is 3.31. The molecule has 2 heterocycles. The molecule has 0 atom stereocenters. The highest BCUT2D eigenvalue weighted by Crippen LogP contribution is 2.34. The second-order valence-corrected chi connectivity index (χ2v) is 8.38. The molecule has 1 aliphatic rings. The first-order valence-electron chi connectivity index (χ1n) is 10.5. The second-order valence-electron chi connectivity index (χ2n) is 7.44. The number of hydrogen-bond acceptors (Lipinski definition) is 7. The van der Waals surface area contributed by atoms with Gasteiger partial charge in [0.15, 0.2) is 23.4 Å². The Morgan fingerprint density at radius 2 is 1.88 bits per heavy atom. The number of carbonyl (C=O) groups excluding carboxylic acids is 2. The third kappa shape index (κ3) is 4.25. The van der Waals surface area contributed by atoms with Crippen LogP contribution in [0.4, 0.5) is 5.69 Å². The zero-order valence-corrected chi connectivity index (χ0v) is 19.0. The molecular weight excluding hydrogens is 452 g/mol. The summed E-state index contributed by atoms with van der Waals surface area (Å²) in [5.74, 6) is 1.64. The Kier molecular flexibility index (Phi) is 6.01. The number of rotatable bonds is 7. The van der Waals surface area contributed by atoms with Crippen molar-refractivity contribution in [2.24, 2.45) is 0 Å². The van der Waals surface area contributed by atoms with Crippen molar-refractivity contribution in [3.63, 3.8) is 0 Å². The highest BCUT2D eigenvalue weighted by molar-refractivity contribution is 7.99. The molecule has 0 saturated carbocycles. The topological polar surface area (TPSA) is 95.3 Å². The molecule has 8 nitrogen and oxygen atoms in total. The normalized spacial score (nSPS) is 12.4. The van der Waals surface area contributed by atoms with Crippen molar-refractivity contribution < 1.29 is 19.1 Å². The van der Waals surface area contributed by atoms with E-state index in [0.717, 1.165) is 11.3 Å². The molecule has 0 spiro atoms. The standard InChI is InChI=1S/C25H20N4O4S/c1-32-21-10-6-5-9-18(21)24-27-28-25(29(24)17-7-3-2-4-8-17)34-15-20(30)16-11-12-22-19(13-16)26-23(31)14-33-22/h2-13H,14-15H2,1H3,(H,26,31). The first-order chi connectivity index (χ1) is 16.6. The summed E-state index contributed by atoms with van der Waals surface area (Å²) in [6.07, 6.45) is 0. The van der Waals surface area contributed by atoms with Gasteiger partial charge in [-0.05, 0) is 42.5 Å². The van der Waals surface area contributed by atoms with Crippen LogP contribution in [0, 0.1) is 0 Å². The van der Waals surface area contributed by atoms with Crippen molar-refractivity contribution in [2.45, 2.75) is 5.16 Å². The van der Waals surface area contributed by atoms with Crippen LogP contribution in [0.5, 0.6) is 11.5 Å². The van der Waals surface area contributed by atoms with Gasteiger partial charge in [0.05, 0.1) is 24.1 Å². The van der Waals surface area contributed by atoms with E-state index in [2.05, 4.69) is 15.5 Å². The molecule has 1 N–H and O–H groups in total. The van der Waals surface area contributed by atoms with E-state index in [4.69, 9.17) is 9.47 Å². The maximum Gasteiger partial charge on any atom is 0.262 e. The Balaban J connectivity index is 1.44. The lowest BCUT2D eigenvalue weighted by Gasteiger charge is -2.18. The quantitative estimate of drug-likeness (QED) is 0.317. The molecule has 0 saturated heterocycles. The van der Waals surface area contributed by atoms with Crippen LogP contribution in [-0.4, -0.2) is 45.9 Å². The van der Waals surface area contributed by atoms with Gasteiger partial charge >= 0.3 is 0 Å². The molecule has 5 rings (SSSR count). The van der Waals surface area contributed by atoms with Crippen LogP contribution < -0.4 is 14.8 Å². The number of ketones is 1. The number of para-hydroxylation sites is 2. The third-order valence-electron chi connectivity index (χ3n) is 5.26. The second kappa shape index (κ2) is 9.40. The van der Waals surface area contributed by atoms with Crippen LogP contribution in [0.3, 0.4) is 0 Å². The Hall–Kier alpha value is -4.11. The molecule has 1 aliphatic heterocycles. The number of carbonyl (C=O) groups is 2. The number of ether oxygens (including phenoxy) is 2. The van der Waals surface area contributed by atoms with E-state index in [1.165, 1.54) is 11.8 Å². The lowest BCUT2D eigenvalue weighted by molar-refractivity contribution is -0.118. The molecule has 34 heavy (non-hydrogen) atoms. The summed E-state index contributed by atoms with van der Waals surface area (Å²) in [4.78, 5) is 24.6. The first kappa shape index (κ1) is 21.7. The third-order valence-corrected chi connectivity index (χ3v) is 6.19. The van der Waals surface area contributed by atoms with Crippen LogP contribution in [0.25, 0.3) is 17.1 Å². The fourth-order valence-corrected chi connectivity index (χ4v) is 4.49. The predicted octanol–water partition coefficient (Wildman–Crippen LogP) is 4.25. The maximum absolute atomic E-state index is 13.0. The summed E-state index contributed by atoms with van der Waals surface area (Å²) in [6, 6.07) is 22.3. The van der Waals surface area contributed by atoms with Crippen molar-refractivity contribution >= 4 is 29.1 Å². The zero-order valence-electron chi connectivity index (χ0n) is 18.2. The Morgan fingerprint density at radius 3 is 2.71 bits per heavy atom. The summed E-state index contributed by atoms with van der Waals surface area (Å²) < 4.78 is 12.8. The lowest BCUT2D eigenvalue weighted by Crippen LogP contribution is -2.25. The monoisotopic (exact) mass is 472 g/mol. The number of Topliss-reactive ketones (excluding diaryl/α,β-unsaturated/α-hetero) is 1. The summed E-state index contributed by atoms with van der Waals surface area (Å²) in [7, 11) is 1.61. The number of methoxy groups -OCH3 is 1. The van der Waals surface area contributed by atoms with Gasteiger partial charge in [-0.3, -0.25) is 14.2 Å². The molecule has 0 unspecified atom stereocenters. The molecule has 9 heteroatoms. The minimum Gasteiger partial charge on any atom is -0.496 e. The molecule has 170 valence electrons.